The van der Waals surface area contributed by atoms with Crippen LogP contribution >= 0.6 is 0 Å². The molecule has 1 heterocycles. The van der Waals surface area contributed by atoms with Crippen LogP contribution in [0.15, 0.2) is 36.4 Å². The van der Waals surface area contributed by atoms with Crippen molar-refractivity contribution in [2.45, 2.75) is 0 Å². The summed E-state index contributed by atoms with van der Waals surface area (Å²) in [4.78, 5) is 28.6. The van der Waals surface area contributed by atoms with E-state index in [-0.39, 0.29) is 11.4 Å². The molecule has 0 saturated heterocycles. The van der Waals surface area contributed by atoms with Gasteiger partial charge in [0.15, 0.2) is 0 Å². The van der Waals surface area contributed by atoms with Crippen molar-refractivity contribution in [1.82, 2.24) is 4.98 Å². The fourth-order valence-electron chi connectivity index (χ4n) is 3.43. The third-order valence-corrected chi connectivity index (χ3v) is 5.45. The minimum absolute atomic E-state index is 0.331. The van der Waals surface area contributed by atoms with Crippen molar-refractivity contribution in [1.29, 1.82) is 0 Å². The Bertz CT molecular complexity index is 935. The van der Waals surface area contributed by atoms with E-state index >= 15 is 0 Å². The van der Waals surface area contributed by atoms with Crippen LogP contribution in [-0.4, -0.2) is 121 Å². The monoisotopic (exact) mass is 550 g/mol. The van der Waals surface area contributed by atoms with Gasteiger partial charge in [-0.25, -0.2) is 14.6 Å². The Hall–Kier alpha value is -3.13. The highest BCUT2D eigenvalue weighted by Gasteiger charge is 2.15. The molecule has 0 amide bonds. The summed E-state index contributed by atoms with van der Waals surface area (Å²) in [7, 11) is 3.24. The van der Waals surface area contributed by atoms with E-state index in [1.54, 1.807) is 14.2 Å². The maximum atomic E-state index is 11.4. The number of nitrogens with zero attached hydrogens (tertiary/aromatic N) is 2. The third-order valence-electron chi connectivity index (χ3n) is 5.45. The Morgan fingerprint density at radius 1 is 0.641 bits per heavy atom. The molecule has 0 unspecified atom stereocenters. The van der Waals surface area contributed by atoms with Crippen LogP contribution < -0.4 is 4.90 Å². The van der Waals surface area contributed by atoms with Crippen LogP contribution in [0.1, 0.15) is 21.0 Å². The molecular formula is C27H38N2O10. The number of carboxylic acid groups (broad SMARTS) is 2. The Morgan fingerprint density at radius 3 is 1.46 bits per heavy atom. The lowest BCUT2D eigenvalue weighted by Gasteiger charge is -2.25. The minimum atomic E-state index is -1.30. The predicted octanol–water partition coefficient (Wildman–Crippen LogP) is 2.31. The summed E-state index contributed by atoms with van der Waals surface area (Å²) in [6.07, 6.45) is 0. The summed E-state index contributed by atoms with van der Waals surface area (Å²) >= 11 is 0. The van der Waals surface area contributed by atoms with Crippen molar-refractivity contribution in [2.24, 2.45) is 0 Å². The zero-order valence-electron chi connectivity index (χ0n) is 22.5. The van der Waals surface area contributed by atoms with Gasteiger partial charge in [0, 0.05) is 33.0 Å². The number of anilines is 1. The van der Waals surface area contributed by atoms with Crippen molar-refractivity contribution < 1.29 is 48.2 Å². The summed E-state index contributed by atoms with van der Waals surface area (Å²) in [5, 5.41) is 18.6. The van der Waals surface area contributed by atoms with Crippen LogP contribution in [0, 0.1) is 0 Å². The number of pyridine rings is 1. The highest BCUT2D eigenvalue weighted by atomic mass is 16.5. The Labute approximate surface area is 228 Å². The second kappa shape index (κ2) is 19.0. The zero-order chi connectivity index (χ0) is 28.3. The Morgan fingerprint density at radius 2 is 1.05 bits per heavy atom. The van der Waals surface area contributed by atoms with Crippen molar-refractivity contribution in [3.8, 4) is 11.1 Å². The standard InChI is InChI=1S/C27H38N2O10/c1-34-11-13-38-17-15-36-9-7-29(8-10-37-16-18-39-14-12-35-2)23-5-3-21(4-6-23)22-19-24(26(30)31)28-25(20-22)27(32)33/h3-6,19-20H,7-18H2,1-2H3,(H,30,31)(H,32,33). The van der Waals surface area contributed by atoms with Crippen LogP contribution in [0.4, 0.5) is 5.69 Å². The molecule has 2 rings (SSSR count). The van der Waals surface area contributed by atoms with E-state index in [9.17, 15) is 19.8 Å². The molecule has 216 valence electrons. The predicted molar refractivity (Wildman–Crippen MR) is 143 cm³/mol. The molecule has 0 aliphatic heterocycles. The molecule has 0 aliphatic rings. The van der Waals surface area contributed by atoms with E-state index in [0.29, 0.717) is 90.3 Å². The normalized spacial score (nSPS) is 11.0. The van der Waals surface area contributed by atoms with Crippen LogP contribution in [0.2, 0.25) is 0 Å². The highest BCUT2D eigenvalue weighted by molar-refractivity contribution is 5.92. The first-order valence-corrected chi connectivity index (χ1v) is 12.6. The Kier molecular flexibility index (Phi) is 15.6. The molecule has 12 nitrogen and oxygen atoms in total. The number of carboxylic acids is 2. The topological polar surface area (TPSA) is 146 Å². The summed E-state index contributed by atoms with van der Waals surface area (Å²) in [5.41, 5.74) is 1.36. The maximum absolute atomic E-state index is 11.4. The average Bonchev–Trinajstić information content (AvgIpc) is 2.94. The lowest BCUT2D eigenvalue weighted by atomic mass is 10.0. The van der Waals surface area contributed by atoms with E-state index in [0.717, 1.165) is 5.69 Å². The second-order valence-electron chi connectivity index (χ2n) is 8.21. The number of ether oxygens (including phenoxy) is 6. The molecule has 1 aromatic heterocycles. The molecule has 0 saturated carbocycles. The number of hydrogen-bond donors (Lipinski definition) is 2. The van der Waals surface area contributed by atoms with E-state index in [2.05, 4.69) is 9.88 Å². The highest BCUT2D eigenvalue weighted by Crippen LogP contribution is 2.25. The van der Waals surface area contributed by atoms with Gasteiger partial charge in [-0.15, -0.1) is 0 Å². The van der Waals surface area contributed by atoms with Gasteiger partial charge >= 0.3 is 11.9 Å². The molecule has 2 aromatic rings. The number of hydrogen-bond acceptors (Lipinski definition) is 10. The molecule has 0 aliphatic carbocycles. The van der Waals surface area contributed by atoms with Gasteiger partial charge in [0.1, 0.15) is 11.4 Å². The molecule has 0 bridgehead atoms. The molecule has 0 fully saturated rings. The van der Waals surface area contributed by atoms with Gasteiger partial charge in [-0.3, -0.25) is 0 Å². The smallest absolute Gasteiger partial charge is 0.354 e. The number of aromatic carboxylic acids is 2. The van der Waals surface area contributed by atoms with E-state index in [1.165, 1.54) is 12.1 Å². The molecule has 39 heavy (non-hydrogen) atoms. The second-order valence-corrected chi connectivity index (χ2v) is 8.21. The van der Waals surface area contributed by atoms with Gasteiger partial charge in [0.2, 0.25) is 0 Å². The molecule has 0 radical (unpaired) electrons. The number of methoxy groups -OCH3 is 2. The molecule has 2 N–H and O–H groups in total. The molecule has 0 atom stereocenters. The fourth-order valence-corrected chi connectivity index (χ4v) is 3.43. The Balaban J connectivity index is 2.01. The fraction of sp³-hybridized carbons (Fsp3) is 0.519. The van der Waals surface area contributed by atoms with Gasteiger partial charge in [-0.1, -0.05) is 12.1 Å². The van der Waals surface area contributed by atoms with Crippen LogP contribution in [0.3, 0.4) is 0 Å². The molecular weight excluding hydrogens is 512 g/mol. The number of benzene rings is 1. The first kappa shape index (κ1) is 32.1. The molecule has 0 spiro atoms. The quantitative estimate of drug-likeness (QED) is 0.207. The lowest BCUT2D eigenvalue weighted by molar-refractivity contribution is 0.0235. The van der Waals surface area contributed by atoms with Crippen molar-refractivity contribution in [2.75, 3.05) is 98.3 Å². The van der Waals surface area contributed by atoms with E-state index in [1.807, 2.05) is 24.3 Å². The summed E-state index contributed by atoms with van der Waals surface area (Å²) in [6.45, 7) is 6.16. The van der Waals surface area contributed by atoms with Crippen molar-refractivity contribution >= 4 is 17.6 Å². The van der Waals surface area contributed by atoms with Crippen LogP contribution in [0.25, 0.3) is 11.1 Å². The largest absolute Gasteiger partial charge is 0.477 e. The summed E-state index contributed by atoms with van der Waals surface area (Å²) in [6, 6.07) is 10.1. The number of rotatable bonds is 22. The van der Waals surface area contributed by atoms with Gasteiger partial charge in [-0.2, -0.15) is 0 Å². The van der Waals surface area contributed by atoms with Gasteiger partial charge in [0.25, 0.3) is 0 Å². The summed E-state index contributed by atoms with van der Waals surface area (Å²) in [5.74, 6) is -2.59. The first-order valence-electron chi connectivity index (χ1n) is 12.6. The van der Waals surface area contributed by atoms with Gasteiger partial charge in [-0.05, 0) is 35.4 Å². The van der Waals surface area contributed by atoms with E-state index in [4.69, 9.17) is 28.4 Å². The van der Waals surface area contributed by atoms with Gasteiger partial charge in [0.05, 0.1) is 66.1 Å². The average molecular weight is 551 g/mol. The third kappa shape index (κ3) is 12.5. The minimum Gasteiger partial charge on any atom is -0.477 e. The number of carbonyl (C=O) groups is 2. The molecule has 1 aromatic carbocycles. The SMILES string of the molecule is COCCOCCOCCN(CCOCCOCCOC)c1ccc(-c2cc(C(=O)O)nc(C(=O)O)c2)cc1. The van der Waals surface area contributed by atoms with Crippen molar-refractivity contribution in [3.63, 3.8) is 0 Å². The summed E-state index contributed by atoms with van der Waals surface area (Å²) < 4.78 is 32.1. The van der Waals surface area contributed by atoms with Crippen LogP contribution in [-0.2, 0) is 28.4 Å². The first-order chi connectivity index (χ1) is 19.0. The maximum Gasteiger partial charge on any atom is 0.354 e. The lowest BCUT2D eigenvalue weighted by Crippen LogP contribution is -2.31. The van der Waals surface area contributed by atoms with Crippen molar-refractivity contribution in [3.05, 3.63) is 47.8 Å². The number of aromatic nitrogens is 1. The van der Waals surface area contributed by atoms with Crippen LogP contribution in [0.5, 0.6) is 0 Å². The van der Waals surface area contributed by atoms with E-state index < -0.39 is 11.9 Å². The van der Waals surface area contributed by atoms with Gasteiger partial charge < -0.3 is 43.5 Å². The zero-order valence-corrected chi connectivity index (χ0v) is 22.5. The molecule has 12 heteroatoms.